The van der Waals surface area contributed by atoms with Gasteiger partial charge in [0.25, 0.3) is 11.8 Å². The molecule has 0 unspecified atom stereocenters. The molecule has 1 amide bonds. The van der Waals surface area contributed by atoms with Crippen LogP contribution in [0.5, 0.6) is 17.4 Å². The van der Waals surface area contributed by atoms with Gasteiger partial charge in [-0.15, -0.1) is 0 Å². The standard InChI is InChI=1S/C19H16F4N4O5S/c1-18(9-33(29,30)10-18)25-16(28)15-14(20)12-7-11(4-6-27(12)26-15)32-17-13(3-2-5-24-17)31-8-19(21,22)23/h2-7H,8-10H2,1H3,(H,25,28). The lowest BCUT2D eigenvalue weighted by atomic mass is 10.1. The second-order valence-electron chi connectivity index (χ2n) is 7.71. The van der Waals surface area contributed by atoms with Gasteiger partial charge in [-0.25, -0.2) is 22.3 Å². The van der Waals surface area contributed by atoms with Crippen molar-refractivity contribution < 1.29 is 40.2 Å². The number of aromatic nitrogens is 3. The average molecular weight is 488 g/mol. The van der Waals surface area contributed by atoms with Gasteiger partial charge in [-0.05, 0) is 25.1 Å². The third-order valence-electron chi connectivity index (χ3n) is 4.60. The predicted octanol–water partition coefficient (Wildman–Crippen LogP) is 2.52. The summed E-state index contributed by atoms with van der Waals surface area (Å²) in [7, 11) is -3.23. The molecule has 0 aliphatic carbocycles. The van der Waals surface area contributed by atoms with Crippen LogP contribution >= 0.6 is 0 Å². The summed E-state index contributed by atoms with van der Waals surface area (Å²) in [5.74, 6) is -2.94. The number of carbonyl (C=O) groups is 1. The van der Waals surface area contributed by atoms with Gasteiger partial charge in [0.2, 0.25) is 0 Å². The van der Waals surface area contributed by atoms with Crippen LogP contribution < -0.4 is 14.8 Å². The molecule has 1 aliphatic heterocycles. The minimum absolute atomic E-state index is 0.000801. The van der Waals surface area contributed by atoms with Crippen LogP contribution in [-0.2, 0) is 9.84 Å². The van der Waals surface area contributed by atoms with E-state index in [1.54, 1.807) is 0 Å². The Morgan fingerprint density at radius 3 is 2.70 bits per heavy atom. The Hall–Kier alpha value is -3.42. The number of rotatable bonds is 6. The molecule has 1 fully saturated rings. The molecule has 14 heteroatoms. The SMILES string of the molecule is CC1(NC(=O)c2nn3ccc(Oc4ncccc4OCC(F)(F)F)cc3c2F)CS(=O)(=O)C1. The lowest BCUT2D eigenvalue weighted by molar-refractivity contribution is -0.153. The molecular formula is C19H16F4N4O5S. The molecule has 1 saturated heterocycles. The quantitative estimate of drug-likeness (QED) is 0.531. The van der Waals surface area contributed by atoms with Crippen molar-refractivity contribution in [1.29, 1.82) is 0 Å². The van der Waals surface area contributed by atoms with Crippen molar-refractivity contribution >= 4 is 21.3 Å². The molecule has 9 nitrogen and oxygen atoms in total. The van der Waals surface area contributed by atoms with Gasteiger partial charge in [0.05, 0.1) is 17.0 Å². The van der Waals surface area contributed by atoms with E-state index in [-0.39, 0.29) is 34.4 Å². The summed E-state index contributed by atoms with van der Waals surface area (Å²) >= 11 is 0. The van der Waals surface area contributed by atoms with E-state index in [4.69, 9.17) is 9.47 Å². The van der Waals surface area contributed by atoms with Crippen molar-refractivity contribution in [2.24, 2.45) is 0 Å². The van der Waals surface area contributed by atoms with Crippen molar-refractivity contribution in [3.8, 4) is 17.4 Å². The monoisotopic (exact) mass is 488 g/mol. The number of hydrogen-bond acceptors (Lipinski definition) is 7. The maximum absolute atomic E-state index is 14.9. The highest BCUT2D eigenvalue weighted by molar-refractivity contribution is 7.93. The lowest BCUT2D eigenvalue weighted by Gasteiger charge is -2.38. The maximum atomic E-state index is 14.9. The molecule has 0 atom stereocenters. The summed E-state index contributed by atoms with van der Waals surface area (Å²) in [6.45, 7) is -0.0269. The Labute approximate surface area is 184 Å². The highest BCUT2D eigenvalue weighted by Crippen LogP contribution is 2.31. The van der Waals surface area contributed by atoms with Crippen LogP contribution in [0.3, 0.4) is 0 Å². The van der Waals surface area contributed by atoms with Gasteiger partial charge in [-0.1, -0.05) is 0 Å². The number of sulfone groups is 1. The fraction of sp³-hybridized carbons (Fsp3) is 0.316. The van der Waals surface area contributed by atoms with Gasteiger partial charge in [0.15, 0.2) is 33.7 Å². The topological polar surface area (TPSA) is 112 Å². The summed E-state index contributed by atoms with van der Waals surface area (Å²) in [5, 5.41) is 6.34. The fourth-order valence-electron chi connectivity index (χ4n) is 3.37. The van der Waals surface area contributed by atoms with E-state index in [0.717, 1.165) is 4.52 Å². The second-order valence-corrected chi connectivity index (χ2v) is 9.78. The minimum Gasteiger partial charge on any atom is -0.478 e. The van der Waals surface area contributed by atoms with Crippen LogP contribution in [0.25, 0.3) is 5.52 Å². The molecule has 0 saturated carbocycles. The maximum Gasteiger partial charge on any atom is 0.422 e. The van der Waals surface area contributed by atoms with E-state index in [2.05, 4.69) is 15.4 Å². The lowest BCUT2D eigenvalue weighted by Crippen LogP contribution is -2.63. The number of pyridine rings is 2. The smallest absolute Gasteiger partial charge is 0.422 e. The Balaban J connectivity index is 1.55. The van der Waals surface area contributed by atoms with Crippen molar-refractivity contribution in [3.05, 3.63) is 48.2 Å². The van der Waals surface area contributed by atoms with Gasteiger partial charge in [0.1, 0.15) is 11.3 Å². The minimum atomic E-state index is -4.57. The van der Waals surface area contributed by atoms with Gasteiger partial charge >= 0.3 is 6.18 Å². The van der Waals surface area contributed by atoms with E-state index in [0.29, 0.717) is 0 Å². The third kappa shape index (κ3) is 4.99. The summed E-state index contributed by atoms with van der Waals surface area (Å²) in [6, 6.07) is 5.10. The number of amides is 1. The molecule has 0 radical (unpaired) electrons. The Bertz CT molecular complexity index is 1330. The van der Waals surface area contributed by atoms with Crippen molar-refractivity contribution in [1.82, 2.24) is 19.9 Å². The number of alkyl halides is 3. The van der Waals surface area contributed by atoms with Gasteiger partial charge in [-0.2, -0.15) is 18.3 Å². The highest BCUT2D eigenvalue weighted by atomic mass is 32.2. The van der Waals surface area contributed by atoms with Crippen molar-refractivity contribution in [2.75, 3.05) is 18.1 Å². The number of ether oxygens (including phenoxy) is 2. The van der Waals surface area contributed by atoms with Crippen molar-refractivity contribution in [3.63, 3.8) is 0 Å². The van der Waals surface area contributed by atoms with Gasteiger partial charge < -0.3 is 14.8 Å². The van der Waals surface area contributed by atoms with E-state index in [1.807, 2.05) is 0 Å². The predicted molar refractivity (Wildman–Crippen MR) is 106 cm³/mol. The molecule has 33 heavy (non-hydrogen) atoms. The number of halogens is 4. The number of nitrogens with one attached hydrogen (secondary N) is 1. The molecule has 1 N–H and O–H groups in total. The summed E-state index contributed by atoms with van der Waals surface area (Å²) in [5.41, 5.74) is -1.72. The van der Waals surface area contributed by atoms with E-state index >= 15 is 0 Å². The molecule has 4 rings (SSSR count). The first kappa shape index (κ1) is 22.8. The zero-order valence-corrected chi connectivity index (χ0v) is 17.7. The van der Waals surface area contributed by atoms with Crippen molar-refractivity contribution in [2.45, 2.75) is 18.6 Å². The van der Waals surface area contributed by atoms with Gasteiger partial charge in [0, 0.05) is 18.5 Å². The number of hydrogen-bond donors (Lipinski definition) is 1. The molecule has 3 aromatic rings. The molecular weight excluding hydrogens is 472 g/mol. The molecule has 0 spiro atoms. The third-order valence-corrected chi connectivity index (χ3v) is 6.75. The van der Waals surface area contributed by atoms with E-state index in [9.17, 15) is 30.8 Å². The number of nitrogens with zero attached hydrogens (tertiary/aromatic N) is 3. The molecule has 0 aromatic carbocycles. The summed E-state index contributed by atoms with van der Waals surface area (Å²) < 4.78 is 86.3. The van der Waals surface area contributed by atoms with Crippen LogP contribution in [0, 0.1) is 5.82 Å². The average Bonchev–Trinajstić information content (AvgIpc) is 3.01. The first-order valence-electron chi connectivity index (χ1n) is 9.37. The summed E-state index contributed by atoms with van der Waals surface area (Å²) in [4.78, 5) is 16.3. The van der Waals surface area contributed by atoms with Crippen LogP contribution in [0.1, 0.15) is 17.4 Å². The Morgan fingerprint density at radius 1 is 1.30 bits per heavy atom. The molecule has 3 aromatic heterocycles. The Kier molecular flexibility index (Phi) is 5.42. The highest BCUT2D eigenvalue weighted by Gasteiger charge is 2.46. The first-order chi connectivity index (χ1) is 15.3. The second kappa shape index (κ2) is 7.86. The number of carbonyl (C=O) groups excluding carboxylic acids is 1. The van der Waals surface area contributed by atoms with Crippen LogP contribution in [0.15, 0.2) is 36.7 Å². The zero-order valence-electron chi connectivity index (χ0n) is 16.9. The number of fused-ring (bicyclic) bond motifs is 1. The zero-order chi connectivity index (χ0) is 24.0. The van der Waals surface area contributed by atoms with E-state index < -0.39 is 45.6 Å². The largest absolute Gasteiger partial charge is 0.478 e. The summed E-state index contributed by atoms with van der Waals surface area (Å²) in [6.07, 6.45) is -2.01. The first-order valence-corrected chi connectivity index (χ1v) is 11.2. The normalized spacial score (nSPS) is 16.8. The Morgan fingerprint density at radius 2 is 2.03 bits per heavy atom. The molecule has 0 bridgehead atoms. The molecule has 176 valence electrons. The fourth-order valence-corrected chi connectivity index (χ4v) is 5.37. The van der Waals surface area contributed by atoms with Crippen LogP contribution in [0.2, 0.25) is 0 Å². The van der Waals surface area contributed by atoms with E-state index in [1.165, 1.54) is 43.6 Å². The molecule has 1 aliphatic rings. The van der Waals surface area contributed by atoms with Crippen LogP contribution in [0.4, 0.5) is 17.6 Å². The van der Waals surface area contributed by atoms with Crippen LogP contribution in [-0.4, -0.2) is 58.8 Å². The molecule has 4 heterocycles. The van der Waals surface area contributed by atoms with Gasteiger partial charge in [-0.3, -0.25) is 4.79 Å².